The highest BCUT2D eigenvalue weighted by atomic mass is 32.2. The van der Waals surface area contributed by atoms with Crippen LogP contribution < -0.4 is 4.31 Å². The van der Waals surface area contributed by atoms with Gasteiger partial charge in [0.25, 0.3) is 10.0 Å². The minimum absolute atomic E-state index is 0.0414. The first-order chi connectivity index (χ1) is 11.0. The van der Waals surface area contributed by atoms with Gasteiger partial charge >= 0.3 is 0 Å². The Morgan fingerprint density at radius 2 is 1.87 bits per heavy atom. The number of nitrogens with zero attached hydrogens (tertiary/aromatic N) is 3. The Morgan fingerprint density at radius 3 is 2.57 bits per heavy atom. The Bertz CT molecular complexity index is 908. The summed E-state index contributed by atoms with van der Waals surface area (Å²) in [7, 11) is -3.87. The molecule has 0 bridgehead atoms. The number of aliphatic hydroxyl groups excluding tert-OH is 1. The molecule has 1 N–H and O–H groups in total. The number of hydrogen-bond donors (Lipinski definition) is 1. The van der Waals surface area contributed by atoms with Crippen molar-refractivity contribution in [1.82, 2.24) is 8.75 Å². The van der Waals surface area contributed by atoms with Crippen LogP contribution in [0.15, 0.2) is 53.4 Å². The predicted molar refractivity (Wildman–Crippen MR) is 90.1 cm³/mol. The Kier molecular flexibility index (Phi) is 4.29. The van der Waals surface area contributed by atoms with E-state index < -0.39 is 16.1 Å². The Balaban J connectivity index is 2.16. The normalized spacial score (nSPS) is 13.1. The van der Waals surface area contributed by atoms with Crippen molar-refractivity contribution < 1.29 is 13.5 Å². The molecular formula is C15H15N3O3S2. The molecule has 0 saturated heterocycles. The second-order valence-corrected chi connectivity index (χ2v) is 7.47. The minimum Gasteiger partial charge on any atom is -0.392 e. The van der Waals surface area contributed by atoms with Gasteiger partial charge in [-0.05, 0) is 31.2 Å². The lowest BCUT2D eigenvalue weighted by Crippen LogP contribution is -2.36. The summed E-state index contributed by atoms with van der Waals surface area (Å²) in [6.45, 7) is 1.51. The summed E-state index contributed by atoms with van der Waals surface area (Å²) in [5.74, 6) is 0. The van der Waals surface area contributed by atoms with E-state index in [0.717, 1.165) is 11.7 Å². The maximum atomic E-state index is 13.1. The van der Waals surface area contributed by atoms with E-state index in [1.54, 1.807) is 43.3 Å². The monoisotopic (exact) mass is 349 g/mol. The molecule has 120 valence electrons. The van der Waals surface area contributed by atoms with Crippen molar-refractivity contribution in [2.24, 2.45) is 0 Å². The molecule has 3 aromatic rings. The third kappa shape index (κ3) is 3.05. The summed E-state index contributed by atoms with van der Waals surface area (Å²) in [6.07, 6.45) is -0.808. The first-order valence-electron chi connectivity index (χ1n) is 6.97. The van der Waals surface area contributed by atoms with Gasteiger partial charge in [-0.2, -0.15) is 8.75 Å². The summed E-state index contributed by atoms with van der Waals surface area (Å²) >= 11 is 0.972. The van der Waals surface area contributed by atoms with Crippen LogP contribution in [0.2, 0.25) is 0 Å². The molecule has 1 atom stereocenters. The van der Waals surface area contributed by atoms with Crippen LogP contribution in [-0.4, -0.2) is 34.9 Å². The molecule has 1 aromatic heterocycles. The van der Waals surface area contributed by atoms with Crippen LogP contribution in [0.25, 0.3) is 11.0 Å². The fraction of sp³-hybridized carbons (Fsp3) is 0.200. The highest BCUT2D eigenvalue weighted by Gasteiger charge is 2.28. The number of aliphatic hydroxyl groups is 1. The van der Waals surface area contributed by atoms with Crippen molar-refractivity contribution in [3.63, 3.8) is 0 Å². The van der Waals surface area contributed by atoms with Crippen molar-refractivity contribution in [2.45, 2.75) is 17.9 Å². The number of para-hydroxylation sites is 1. The minimum atomic E-state index is -3.87. The summed E-state index contributed by atoms with van der Waals surface area (Å²) < 4.78 is 35.7. The molecule has 0 aliphatic rings. The maximum Gasteiger partial charge on any atom is 0.266 e. The zero-order valence-corrected chi connectivity index (χ0v) is 14.0. The van der Waals surface area contributed by atoms with Gasteiger partial charge in [-0.1, -0.05) is 24.3 Å². The molecular weight excluding hydrogens is 334 g/mol. The largest absolute Gasteiger partial charge is 0.392 e. The van der Waals surface area contributed by atoms with Gasteiger partial charge in [0.05, 0.1) is 30.1 Å². The third-order valence-corrected chi connectivity index (χ3v) is 5.66. The van der Waals surface area contributed by atoms with Crippen LogP contribution in [-0.2, 0) is 10.0 Å². The second kappa shape index (κ2) is 6.23. The molecule has 3 rings (SSSR count). The van der Waals surface area contributed by atoms with Crippen LogP contribution in [0.1, 0.15) is 6.92 Å². The zero-order valence-electron chi connectivity index (χ0n) is 12.3. The van der Waals surface area contributed by atoms with E-state index in [9.17, 15) is 13.5 Å². The van der Waals surface area contributed by atoms with Gasteiger partial charge in [0.2, 0.25) is 0 Å². The Labute approximate surface area is 138 Å². The van der Waals surface area contributed by atoms with Crippen LogP contribution >= 0.6 is 11.7 Å². The highest BCUT2D eigenvalue weighted by molar-refractivity contribution is 7.93. The molecule has 0 spiro atoms. The molecule has 1 heterocycles. The van der Waals surface area contributed by atoms with Gasteiger partial charge in [0.15, 0.2) is 0 Å². The van der Waals surface area contributed by atoms with E-state index in [4.69, 9.17) is 0 Å². The predicted octanol–water partition coefficient (Wildman–Crippen LogP) is 2.27. The zero-order chi connectivity index (χ0) is 16.4. The van der Waals surface area contributed by atoms with Gasteiger partial charge in [-0.15, -0.1) is 0 Å². The van der Waals surface area contributed by atoms with Crippen LogP contribution in [0.3, 0.4) is 0 Å². The molecule has 0 fully saturated rings. The Morgan fingerprint density at radius 1 is 1.13 bits per heavy atom. The molecule has 0 radical (unpaired) electrons. The number of rotatable bonds is 5. The number of fused-ring (bicyclic) bond motifs is 1. The first kappa shape index (κ1) is 15.9. The van der Waals surface area contributed by atoms with Crippen molar-refractivity contribution in [1.29, 1.82) is 0 Å². The van der Waals surface area contributed by atoms with Crippen molar-refractivity contribution in [2.75, 3.05) is 10.8 Å². The molecule has 0 saturated carbocycles. The van der Waals surface area contributed by atoms with E-state index in [0.29, 0.717) is 16.7 Å². The third-order valence-electron chi connectivity index (χ3n) is 3.29. The van der Waals surface area contributed by atoms with Gasteiger partial charge in [0, 0.05) is 0 Å². The van der Waals surface area contributed by atoms with E-state index in [1.807, 2.05) is 6.07 Å². The average Bonchev–Trinajstić information content (AvgIpc) is 3.01. The van der Waals surface area contributed by atoms with E-state index in [1.165, 1.54) is 10.4 Å². The molecule has 6 nitrogen and oxygen atoms in total. The quantitative estimate of drug-likeness (QED) is 0.764. The fourth-order valence-corrected chi connectivity index (χ4v) is 4.59. The Hall–Kier alpha value is -2.03. The molecule has 0 aliphatic carbocycles. The van der Waals surface area contributed by atoms with Gasteiger partial charge in [-0.3, -0.25) is 4.31 Å². The fourth-order valence-electron chi connectivity index (χ4n) is 2.28. The van der Waals surface area contributed by atoms with Crippen LogP contribution in [0.5, 0.6) is 0 Å². The van der Waals surface area contributed by atoms with Crippen molar-refractivity contribution >= 4 is 38.5 Å². The first-order valence-corrected chi connectivity index (χ1v) is 9.14. The molecule has 2 aromatic carbocycles. The number of aromatic nitrogens is 2. The summed E-state index contributed by atoms with van der Waals surface area (Å²) in [6, 6.07) is 13.6. The standard InChI is InChI=1S/C15H15N3O3S2/c1-11(19)10-18(12-6-3-2-4-7-12)23(20,21)14-9-5-8-13-15(14)17-22-16-13/h2-9,11,19H,10H2,1H3/t11-/m0/s1. The van der Waals surface area contributed by atoms with E-state index in [2.05, 4.69) is 8.75 Å². The number of sulfonamides is 1. The van der Waals surface area contributed by atoms with Gasteiger partial charge in [-0.25, -0.2) is 8.42 Å². The molecule has 0 aliphatic heterocycles. The molecule has 8 heteroatoms. The molecule has 23 heavy (non-hydrogen) atoms. The topological polar surface area (TPSA) is 83.4 Å². The van der Waals surface area contributed by atoms with Gasteiger partial charge < -0.3 is 5.11 Å². The smallest absolute Gasteiger partial charge is 0.266 e. The molecule has 0 unspecified atom stereocenters. The summed E-state index contributed by atoms with van der Waals surface area (Å²) in [5, 5.41) is 9.74. The van der Waals surface area contributed by atoms with E-state index >= 15 is 0 Å². The highest BCUT2D eigenvalue weighted by Crippen LogP contribution is 2.28. The maximum absolute atomic E-state index is 13.1. The summed E-state index contributed by atoms with van der Waals surface area (Å²) in [5.41, 5.74) is 1.39. The molecule has 0 amide bonds. The van der Waals surface area contributed by atoms with E-state index in [-0.39, 0.29) is 11.4 Å². The lowest BCUT2D eigenvalue weighted by molar-refractivity contribution is 0.204. The second-order valence-electron chi connectivity index (χ2n) is 5.11. The van der Waals surface area contributed by atoms with Crippen molar-refractivity contribution in [3.8, 4) is 0 Å². The van der Waals surface area contributed by atoms with Crippen LogP contribution in [0.4, 0.5) is 5.69 Å². The number of hydrogen-bond acceptors (Lipinski definition) is 6. The summed E-state index contributed by atoms with van der Waals surface area (Å²) in [4.78, 5) is 0.0910. The lowest BCUT2D eigenvalue weighted by Gasteiger charge is -2.25. The lowest BCUT2D eigenvalue weighted by atomic mass is 10.3. The number of anilines is 1. The van der Waals surface area contributed by atoms with Crippen molar-refractivity contribution in [3.05, 3.63) is 48.5 Å². The number of benzene rings is 2. The average molecular weight is 349 g/mol. The van der Waals surface area contributed by atoms with Gasteiger partial charge in [0.1, 0.15) is 15.9 Å². The van der Waals surface area contributed by atoms with Crippen LogP contribution in [0, 0.1) is 0 Å². The SMILES string of the molecule is C[C@H](O)CN(c1ccccc1)S(=O)(=O)c1cccc2nsnc12.